The largest absolute Gasteiger partial charge is 0.494 e. The predicted molar refractivity (Wildman–Crippen MR) is 113 cm³/mol. The summed E-state index contributed by atoms with van der Waals surface area (Å²) in [7, 11) is 0. The van der Waals surface area contributed by atoms with Gasteiger partial charge in [-0.15, -0.1) is 11.3 Å². The summed E-state index contributed by atoms with van der Waals surface area (Å²) in [5.41, 5.74) is 4.62. The highest BCUT2D eigenvalue weighted by atomic mass is 32.1. The molecule has 0 radical (unpaired) electrons. The molecule has 0 aliphatic rings. The van der Waals surface area contributed by atoms with Gasteiger partial charge in [0, 0.05) is 16.6 Å². The number of rotatable bonds is 6. The molecule has 0 saturated carbocycles. The molecule has 5 heteroatoms. The van der Waals surface area contributed by atoms with Gasteiger partial charge < -0.3 is 10.1 Å². The van der Waals surface area contributed by atoms with E-state index < -0.39 is 0 Å². The minimum Gasteiger partial charge on any atom is -0.494 e. The van der Waals surface area contributed by atoms with E-state index in [1.165, 1.54) is 5.56 Å². The molecule has 0 aliphatic heterocycles. The quantitative estimate of drug-likeness (QED) is 0.445. The Kier molecular flexibility index (Phi) is 5.03. The summed E-state index contributed by atoms with van der Waals surface area (Å²) in [4.78, 5) is 9.98. The Morgan fingerprint density at radius 1 is 1.00 bits per heavy atom. The molecule has 1 N–H and O–H groups in total. The lowest BCUT2D eigenvalue weighted by Crippen LogP contribution is -1.98. The van der Waals surface area contributed by atoms with Crippen molar-refractivity contribution >= 4 is 33.1 Å². The fourth-order valence-corrected chi connectivity index (χ4v) is 4.07. The second-order valence-electron chi connectivity index (χ2n) is 6.14. The molecule has 4 nitrogen and oxygen atoms in total. The van der Waals surface area contributed by atoms with E-state index in [-0.39, 0.29) is 0 Å². The zero-order valence-electron chi connectivity index (χ0n) is 15.4. The third-order valence-corrected chi connectivity index (χ3v) is 5.38. The highest BCUT2D eigenvalue weighted by Gasteiger charge is 2.14. The highest BCUT2D eigenvalue weighted by molar-refractivity contribution is 7.17. The van der Waals surface area contributed by atoms with Gasteiger partial charge >= 0.3 is 0 Å². The highest BCUT2D eigenvalue weighted by Crippen LogP contribution is 2.38. The fourth-order valence-electron chi connectivity index (χ4n) is 3.16. The second-order valence-corrected chi connectivity index (χ2v) is 7.00. The molecule has 0 atom stereocenters. The normalized spacial score (nSPS) is 10.9. The molecule has 4 rings (SSSR count). The maximum atomic E-state index is 5.56. The Balaban J connectivity index is 1.77. The van der Waals surface area contributed by atoms with Gasteiger partial charge in [-0.1, -0.05) is 37.3 Å². The number of thiophene rings is 1. The van der Waals surface area contributed by atoms with Crippen molar-refractivity contribution in [1.29, 1.82) is 0 Å². The zero-order valence-corrected chi connectivity index (χ0v) is 16.2. The van der Waals surface area contributed by atoms with Crippen molar-refractivity contribution in [3.8, 4) is 16.9 Å². The Labute approximate surface area is 162 Å². The third-order valence-electron chi connectivity index (χ3n) is 4.50. The maximum absolute atomic E-state index is 5.56. The number of hydrogen-bond donors (Lipinski definition) is 1. The van der Waals surface area contributed by atoms with Gasteiger partial charge in [-0.05, 0) is 42.7 Å². The molecule has 4 aromatic rings. The molecule has 2 aromatic heterocycles. The standard InChI is InChI=1S/C22H21N3OS/c1-3-15-7-5-6-8-19(15)25-21-20-18(13-27-22(20)24-14-23-21)16-9-11-17(12-10-16)26-4-2/h5-14H,3-4H2,1-2H3,(H,23,24,25). The van der Waals surface area contributed by atoms with E-state index in [1.54, 1.807) is 17.7 Å². The predicted octanol–water partition coefficient (Wildman–Crippen LogP) is 6.06. The van der Waals surface area contributed by atoms with E-state index in [0.29, 0.717) is 6.61 Å². The molecular weight excluding hydrogens is 354 g/mol. The van der Waals surface area contributed by atoms with Crippen LogP contribution in [-0.2, 0) is 6.42 Å². The second kappa shape index (κ2) is 7.76. The summed E-state index contributed by atoms with van der Waals surface area (Å²) >= 11 is 1.64. The smallest absolute Gasteiger partial charge is 0.143 e. The summed E-state index contributed by atoms with van der Waals surface area (Å²) in [6.45, 7) is 4.81. The molecule has 0 unspecified atom stereocenters. The van der Waals surface area contributed by atoms with Gasteiger partial charge in [-0.2, -0.15) is 0 Å². The Morgan fingerprint density at radius 3 is 2.59 bits per heavy atom. The van der Waals surface area contributed by atoms with E-state index >= 15 is 0 Å². The Hall–Kier alpha value is -2.92. The van der Waals surface area contributed by atoms with Crippen molar-refractivity contribution in [2.75, 3.05) is 11.9 Å². The van der Waals surface area contributed by atoms with E-state index in [9.17, 15) is 0 Å². The first-order chi connectivity index (χ1) is 13.3. The van der Waals surface area contributed by atoms with Crippen molar-refractivity contribution in [2.24, 2.45) is 0 Å². The molecule has 0 amide bonds. The summed E-state index contributed by atoms with van der Waals surface area (Å²) < 4.78 is 5.56. The minimum atomic E-state index is 0.666. The van der Waals surface area contributed by atoms with Crippen molar-refractivity contribution in [2.45, 2.75) is 20.3 Å². The monoisotopic (exact) mass is 375 g/mol. The number of para-hydroxylation sites is 1. The first-order valence-corrected chi connectivity index (χ1v) is 9.98. The first-order valence-electron chi connectivity index (χ1n) is 9.10. The number of nitrogens with one attached hydrogen (secondary N) is 1. The summed E-state index contributed by atoms with van der Waals surface area (Å²) in [5, 5.41) is 6.72. The molecule has 0 fully saturated rings. The number of ether oxygens (including phenoxy) is 1. The molecule has 2 heterocycles. The SMILES string of the molecule is CCOc1ccc(-c2csc3ncnc(Nc4ccccc4CC)c23)cc1. The van der Waals surface area contributed by atoms with Crippen molar-refractivity contribution in [3.05, 3.63) is 65.8 Å². The van der Waals surface area contributed by atoms with Crippen molar-refractivity contribution < 1.29 is 4.74 Å². The Bertz CT molecular complexity index is 1060. The van der Waals surface area contributed by atoms with Crippen LogP contribution in [0.4, 0.5) is 11.5 Å². The fraction of sp³-hybridized carbons (Fsp3) is 0.182. The van der Waals surface area contributed by atoms with Crippen LogP contribution in [0.15, 0.2) is 60.2 Å². The van der Waals surface area contributed by atoms with Gasteiger partial charge in [0.1, 0.15) is 22.7 Å². The maximum Gasteiger partial charge on any atom is 0.143 e. The summed E-state index contributed by atoms with van der Waals surface area (Å²) in [5.74, 6) is 1.72. The van der Waals surface area contributed by atoms with E-state index in [1.807, 2.05) is 25.1 Å². The summed E-state index contributed by atoms with van der Waals surface area (Å²) in [6.07, 6.45) is 2.59. The Morgan fingerprint density at radius 2 is 1.81 bits per heavy atom. The average molecular weight is 375 g/mol. The molecule has 2 aromatic carbocycles. The van der Waals surface area contributed by atoms with Crippen LogP contribution < -0.4 is 10.1 Å². The van der Waals surface area contributed by atoms with E-state index in [4.69, 9.17) is 4.74 Å². The summed E-state index contributed by atoms with van der Waals surface area (Å²) in [6, 6.07) is 16.5. The van der Waals surface area contributed by atoms with Crippen LogP contribution >= 0.6 is 11.3 Å². The van der Waals surface area contributed by atoms with Gasteiger partial charge in [0.2, 0.25) is 0 Å². The number of aromatic nitrogens is 2. The number of hydrogen-bond acceptors (Lipinski definition) is 5. The first kappa shape index (κ1) is 17.5. The van der Waals surface area contributed by atoms with Gasteiger partial charge in [0.25, 0.3) is 0 Å². The van der Waals surface area contributed by atoms with E-state index in [2.05, 4.69) is 57.9 Å². The van der Waals surface area contributed by atoms with E-state index in [0.717, 1.165) is 45.0 Å². The van der Waals surface area contributed by atoms with Crippen LogP contribution in [-0.4, -0.2) is 16.6 Å². The van der Waals surface area contributed by atoms with Gasteiger partial charge in [0.15, 0.2) is 0 Å². The van der Waals surface area contributed by atoms with Gasteiger partial charge in [0.05, 0.1) is 12.0 Å². The van der Waals surface area contributed by atoms with Gasteiger partial charge in [-0.25, -0.2) is 9.97 Å². The van der Waals surface area contributed by atoms with Crippen molar-refractivity contribution in [1.82, 2.24) is 9.97 Å². The lowest BCUT2D eigenvalue weighted by molar-refractivity contribution is 0.340. The van der Waals surface area contributed by atoms with Crippen LogP contribution in [0.25, 0.3) is 21.3 Å². The van der Waals surface area contributed by atoms with Gasteiger partial charge in [-0.3, -0.25) is 0 Å². The molecule has 0 aliphatic carbocycles. The van der Waals surface area contributed by atoms with Crippen LogP contribution in [0, 0.1) is 0 Å². The number of anilines is 2. The molecule has 27 heavy (non-hydrogen) atoms. The van der Waals surface area contributed by atoms with Crippen LogP contribution in [0.3, 0.4) is 0 Å². The molecule has 0 saturated heterocycles. The van der Waals surface area contributed by atoms with Crippen LogP contribution in [0.5, 0.6) is 5.75 Å². The minimum absolute atomic E-state index is 0.666. The lowest BCUT2D eigenvalue weighted by atomic mass is 10.1. The van der Waals surface area contributed by atoms with Crippen LogP contribution in [0.1, 0.15) is 19.4 Å². The number of benzene rings is 2. The molecular formula is C22H21N3OS. The third kappa shape index (κ3) is 3.51. The number of aryl methyl sites for hydroxylation is 1. The number of nitrogens with zero attached hydrogens (tertiary/aromatic N) is 2. The zero-order chi connectivity index (χ0) is 18.6. The average Bonchev–Trinajstić information content (AvgIpc) is 3.14. The molecule has 136 valence electrons. The van der Waals surface area contributed by atoms with Crippen molar-refractivity contribution in [3.63, 3.8) is 0 Å². The van der Waals surface area contributed by atoms with Crippen LogP contribution in [0.2, 0.25) is 0 Å². The number of fused-ring (bicyclic) bond motifs is 1. The molecule has 0 spiro atoms. The lowest BCUT2D eigenvalue weighted by Gasteiger charge is -2.12. The topological polar surface area (TPSA) is 47.0 Å². The molecule has 0 bridgehead atoms.